The minimum atomic E-state index is -1.24. The summed E-state index contributed by atoms with van der Waals surface area (Å²) in [6.07, 6.45) is 5.16. The van der Waals surface area contributed by atoms with E-state index in [4.69, 9.17) is 5.11 Å². The quantitative estimate of drug-likeness (QED) is 0.490. The van der Waals surface area contributed by atoms with Gasteiger partial charge in [-0.2, -0.15) is 0 Å². The molecule has 144 valence electrons. The molecule has 25 heavy (non-hydrogen) atoms. The fourth-order valence-corrected chi connectivity index (χ4v) is 3.17. The minimum absolute atomic E-state index is 0.0879. The first-order chi connectivity index (χ1) is 11.8. The van der Waals surface area contributed by atoms with Crippen molar-refractivity contribution in [2.75, 3.05) is 20.7 Å². The average Bonchev–Trinajstić information content (AvgIpc) is 2.57. The van der Waals surface area contributed by atoms with E-state index < -0.39 is 24.1 Å². The standard InChI is InChI=1S/C17H31N3O5/c1-20(2)15(22)9-8-13(11-21)18-16(23)14(19-17(24)25)10-12-6-4-3-5-7-12/h12-14,19,21H,3-11H2,1-2H3,(H,18,23)(H,24,25). The van der Waals surface area contributed by atoms with Crippen molar-refractivity contribution in [2.24, 2.45) is 5.92 Å². The number of hydrogen-bond donors (Lipinski definition) is 4. The Labute approximate surface area is 149 Å². The van der Waals surface area contributed by atoms with Crippen LogP contribution in [-0.2, 0) is 9.59 Å². The van der Waals surface area contributed by atoms with Gasteiger partial charge in [0.25, 0.3) is 0 Å². The summed E-state index contributed by atoms with van der Waals surface area (Å²) in [6, 6.07) is -1.40. The van der Waals surface area contributed by atoms with E-state index in [0.717, 1.165) is 25.7 Å². The molecule has 2 unspecified atom stereocenters. The number of carbonyl (C=O) groups is 3. The second-order valence-corrected chi connectivity index (χ2v) is 6.96. The highest BCUT2D eigenvalue weighted by atomic mass is 16.4. The summed E-state index contributed by atoms with van der Waals surface area (Å²) in [4.78, 5) is 36.6. The van der Waals surface area contributed by atoms with Crippen molar-refractivity contribution < 1.29 is 24.6 Å². The van der Waals surface area contributed by atoms with Crippen LogP contribution in [0.15, 0.2) is 0 Å². The molecule has 1 fully saturated rings. The molecule has 0 aromatic carbocycles. The summed E-state index contributed by atoms with van der Waals surface area (Å²) >= 11 is 0. The van der Waals surface area contributed by atoms with Crippen molar-refractivity contribution >= 4 is 17.9 Å². The number of nitrogens with zero attached hydrogens (tertiary/aromatic N) is 1. The molecule has 0 radical (unpaired) electrons. The third kappa shape index (κ3) is 8.20. The number of carbonyl (C=O) groups excluding carboxylic acids is 2. The summed E-state index contributed by atoms with van der Waals surface area (Å²) in [7, 11) is 3.29. The van der Waals surface area contributed by atoms with Crippen molar-refractivity contribution in [1.82, 2.24) is 15.5 Å². The molecule has 4 N–H and O–H groups in total. The Hall–Kier alpha value is -1.83. The van der Waals surface area contributed by atoms with Crippen molar-refractivity contribution in [3.05, 3.63) is 0 Å². The van der Waals surface area contributed by atoms with Crippen LogP contribution < -0.4 is 10.6 Å². The van der Waals surface area contributed by atoms with Gasteiger partial charge >= 0.3 is 6.09 Å². The molecule has 8 nitrogen and oxygen atoms in total. The Morgan fingerprint density at radius 2 is 1.76 bits per heavy atom. The van der Waals surface area contributed by atoms with Gasteiger partial charge in [0.05, 0.1) is 12.6 Å². The summed E-state index contributed by atoms with van der Waals surface area (Å²) in [5.74, 6) is -0.196. The maximum Gasteiger partial charge on any atom is 0.405 e. The van der Waals surface area contributed by atoms with Crippen molar-refractivity contribution in [3.63, 3.8) is 0 Å². The minimum Gasteiger partial charge on any atom is -0.465 e. The van der Waals surface area contributed by atoms with Crippen molar-refractivity contribution in [1.29, 1.82) is 0 Å². The Balaban J connectivity index is 2.58. The predicted molar refractivity (Wildman–Crippen MR) is 93.1 cm³/mol. The van der Waals surface area contributed by atoms with Gasteiger partial charge in [0.1, 0.15) is 6.04 Å². The van der Waals surface area contributed by atoms with Gasteiger partial charge in [0, 0.05) is 20.5 Å². The van der Waals surface area contributed by atoms with Crippen LogP contribution in [0.3, 0.4) is 0 Å². The first-order valence-electron chi connectivity index (χ1n) is 8.94. The molecule has 0 spiro atoms. The third-order valence-corrected chi connectivity index (χ3v) is 4.68. The van der Waals surface area contributed by atoms with E-state index in [9.17, 15) is 19.5 Å². The van der Waals surface area contributed by atoms with Gasteiger partial charge in [0.15, 0.2) is 0 Å². The largest absolute Gasteiger partial charge is 0.465 e. The van der Waals surface area contributed by atoms with Crippen LogP contribution in [0.5, 0.6) is 0 Å². The molecule has 0 saturated heterocycles. The molecular formula is C17H31N3O5. The van der Waals surface area contributed by atoms with E-state index >= 15 is 0 Å². The zero-order chi connectivity index (χ0) is 18.8. The molecule has 1 rings (SSSR count). The normalized spacial score (nSPS) is 17.4. The lowest BCUT2D eigenvalue weighted by atomic mass is 9.84. The molecule has 0 aliphatic heterocycles. The van der Waals surface area contributed by atoms with E-state index in [1.165, 1.54) is 11.3 Å². The van der Waals surface area contributed by atoms with Crippen LogP contribution in [0.1, 0.15) is 51.4 Å². The molecule has 0 aromatic heterocycles. The highest BCUT2D eigenvalue weighted by Gasteiger charge is 2.27. The first-order valence-corrected chi connectivity index (χ1v) is 8.94. The van der Waals surface area contributed by atoms with Gasteiger partial charge in [-0.3, -0.25) is 9.59 Å². The monoisotopic (exact) mass is 357 g/mol. The van der Waals surface area contributed by atoms with Gasteiger partial charge in [-0.1, -0.05) is 32.1 Å². The molecule has 1 aliphatic carbocycles. The molecule has 2 atom stereocenters. The van der Waals surface area contributed by atoms with E-state index in [1.807, 2.05) is 0 Å². The van der Waals surface area contributed by atoms with Crippen LogP contribution in [0.25, 0.3) is 0 Å². The van der Waals surface area contributed by atoms with Gasteiger partial charge in [-0.15, -0.1) is 0 Å². The van der Waals surface area contributed by atoms with Crippen LogP contribution in [-0.4, -0.2) is 65.8 Å². The molecular weight excluding hydrogens is 326 g/mol. The van der Waals surface area contributed by atoms with Crippen molar-refractivity contribution in [3.8, 4) is 0 Å². The summed E-state index contributed by atoms with van der Waals surface area (Å²) in [6.45, 7) is -0.296. The maximum atomic E-state index is 12.5. The van der Waals surface area contributed by atoms with Gasteiger partial charge in [-0.25, -0.2) is 4.79 Å². The molecule has 3 amide bonds. The van der Waals surface area contributed by atoms with E-state index in [1.54, 1.807) is 14.1 Å². The van der Waals surface area contributed by atoms with Crippen LogP contribution in [0, 0.1) is 5.92 Å². The Morgan fingerprint density at radius 3 is 2.28 bits per heavy atom. The lowest BCUT2D eigenvalue weighted by molar-refractivity contribution is -0.129. The molecule has 0 heterocycles. The number of nitrogens with one attached hydrogen (secondary N) is 2. The number of aliphatic hydroxyl groups is 1. The van der Waals surface area contributed by atoms with Gasteiger partial charge in [-0.05, 0) is 18.8 Å². The third-order valence-electron chi connectivity index (χ3n) is 4.68. The Kier molecular flexibility index (Phi) is 9.26. The SMILES string of the molecule is CN(C)C(=O)CCC(CO)NC(=O)C(CC1CCCCC1)NC(=O)O. The second kappa shape index (κ2) is 10.9. The maximum absolute atomic E-state index is 12.5. The Bertz CT molecular complexity index is 450. The van der Waals surface area contributed by atoms with Gasteiger partial charge in [0.2, 0.25) is 11.8 Å². The fourth-order valence-electron chi connectivity index (χ4n) is 3.17. The first kappa shape index (κ1) is 21.2. The van der Waals surface area contributed by atoms with E-state index in [0.29, 0.717) is 18.8 Å². The van der Waals surface area contributed by atoms with E-state index in [2.05, 4.69) is 10.6 Å². The summed E-state index contributed by atoms with van der Waals surface area (Å²) in [5, 5.41) is 23.4. The van der Waals surface area contributed by atoms with Crippen LogP contribution in [0.2, 0.25) is 0 Å². The highest BCUT2D eigenvalue weighted by Crippen LogP contribution is 2.27. The molecule has 1 saturated carbocycles. The molecule has 0 aromatic rings. The average molecular weight is 357 g/mol. The molecule has 1 aliphatic rings. The summed E-state index contributed by atoms with van der Waals surface area (Å²) < 4.78 is 0. The Morgan fingerprint density at radius 1 is 1.12 bits per heavy atom. The summed E-state index contributed by atoms with van der Waals surface area (Å²) in [5.41, 5.74) is 0. The zero-order valence-electron chi connectivity index (χ0n) is 15.2. The molecule has 0 bridgehead atoms. The predicted octanol–water partition coefficient (Wildman–Crippen LogP) is 0.939. The van der Waals surface area contributed by atoms with Crippen molar-refractivity contribution in [2.45, 2.75) is 63.5 Å². The van der Waals surface area contributed by atoms with Gasteiger partial charge < -0.3 is 25.7 Å². The topological polar surface area (TPSA) is 119 Å². The van der Waals surface area contributed by atoms with E-state index in [-0.39, 0.29) is 18.9 Å². The smallest absolute Gasteiger partial charge is 0.405 e. The lowest BCUT2D eigenvalue weighted by Gasteiger charge is -2.27. The number of amides is 3. The lowest BCUT2D eigenvalue weighted by Crippen LogP contribution is -2.51. The zero-order valence-corrected chi connectivity index (χ0v) is 15.2. The number of carboxylic acid groups (broad SMARTS) is 1. The fraction of sp³-hybridized carbons (Fsp3) is 0.824. The number of rotatable bonds is 9. The number of hydrogen-bond acceptors (Lipinski definition) is 4. The second-order valence-electron chi connectivity index (χ2n) is 6.96. The number of aliphatic hydroxyl groups excluding tert-OH is 1. The van der Waals surface area contributed by atoms with Crippen LogP contribution >= 0.6 is 0 Å². The highest BCUT2D eigenvalue weighted by molar-refractivity contribution is 5.85. The van der Waals surface area contributed by atoms with Crippen LogP contribution in [0.4, 0.5) is 4.79 Å². The molecule has 8 heteroatoms.